The Morgan fingerprint density at radius 3 is 2.75 bits per heavy atom. The Morgan fingerprint density at radius 2 is 2.00 bits per heavy atom. The number of carbonyl (C=O) groups excluding carboxylic acids is 1. The molecule has 3 rings (SSSR count). The van der Waals surface area contributed by atoms with E-state index >= 15 is 0 Å². The van der Waals surface area contributed by atoms with Gasteiger partial charge in [-0.1, -0.05) is 6.07 Å². The number of hydrogen-bond acceptors (Lipinski definition) is 4. The fraction of sp³-hybridized carbons (Fsp3) is 0.118. The summed E-state index contributed by atoms with van der Waals surface area (Å²) in [6.45, 7) is 1.96. The number of hydrogen-bond donors (Lipinski definition) is 1. The molecule has 122 valence electrons. The molecule has 1 N–H and O–H groups in total. The van der Waals surface area contributed by atoms with Crippen molar-refractivity contribution in [2.24, 2.45) is 0 Å². The van der Waals surface area contributed by atoms with Crippen LogP contribution in [0.4, 0.5) is 10.2 Å². The minimum atomic E-state index is -0.353. The van der Waals surface area contributed by atoms with Crippen LogP contribution in [0.25, 0.3) is 0 Å². The molecule has 24 heavy (non-hydrogen) atoms. The first-order valence-electron chi connectivity index (χ1n) is 7.27. The molecular formula is C17H15FN4O2. The van der Waals surface area contributed by atoms with Gasteiger partial charge in [-0.05, 0) is 49.4 Å². The molecule has 0 aliphatic carbocycles. The molecule has 1 amide bonds. The van der Waals surface area contributed by atoms with E-state index in [9.17, 15) is 9.18 Å². The third-order valence-electron chi connectivity index (χ3n) is 3.18. The van der Waals surface area contributed by atoms with E-state index in [-0.39, 0.29) is 24.1 Å². The van der Waals surface area contributed by atoms with Gasteiger partial charge >= 0.3 is 0 Å². The number of aryl methyl sites for hydroxylation is 1. The van der Waals surface area contributed by atoms with Crippen molar-refractivity contribution in [2.75, 3.05) is 5.32 Å². The molecule has 0 radical (unpaired) electrons. The number of amides is 1. The summed E-state index contributed by atoms with van der Waals surface area (Å²) in [6, 6.07) is 12.6. The van der Waals surface area contributed by atoms with E-state index in [4.69, 9.17) is 4.74 Å². The molecular weight excluding hydrogens is 311 g/mol. The maximum atomic E-state index is 12.8. The van der Waals surface area contributed by atoms with Crippen molar-refractivity contribution in [3.05, 3.63) is 71.9 Å². The largest absolute Gasteiger partial charge is 0.471 e. The number of rotatable bonds is 5. The molecule has 0 saturated carbocycles. The molecule has 2 aromatic heterocycles. The summed E-state index contributed by atoms with van der Waals surface area (Å²) in [5.41, 5.74) is 1.06. The highest BCUT2D eigenvalue weighted by Crippen LogP contribution is 2.12. The van der Waals surface area contributed by atoms with Gasteiger partial charge in [0.15, 0.2) is 12.4 Å². The van der Waals surface area contributed by atoms with Crippen LogP contribution >= 0.6 is 0 Å². The van der Waals surface area contributed by atoms with Crippen LogP contribution in [-0.4, -0.2) is 20.7 Å². The van der Waals surface area contributed by atoms with E-state index in [1.165, 1.54) is 28.9 Å². The monoisotopic (exact) mass is 326 g/mol. The molecule has 0 aliphatic heterocycles. The highest BCUT2D eigenvalue weighted by atomic mass is 19.1. The molecule has 2 heterocycles. The van der Waals surface area contributed by atoms with Gasteiger partial charge in [0.25, 0.3) is 5.91 Å². The summed E-state index contributed by atoms with van der Waals surface area (Å²) < 4.78 is 19.8. The van der Waals surface area contributed by atoms with Gasteiger partial charge in [-0.15, -0.1) is 0 Å². The van der Waals surface area contributed by atoms with Crippen LogP contribution in [0.2, 0.25) is 0 Å². The minimum Gasteiger partial charge on any atom is -0.471 e. The van der Waals surface area contributed by atoms with Crippen molar-refractivity contribution in [1.29, 1.82) is 0 Å². The summed E-state index contributed by atoms with van der Waals surface area (Å²) in [4.78, 5) is 16.3. The van der Waals surface area contributed by atoms with Gasteiger partial charge in [0.1, 0.15) is 17.4 Å². The molecule has 0 bridgehead atoms. The summed E-state index contributed by atoms with van der Waals surface area (Å²) in [7, 11) is 0. The number of ether oxygens (including phenoxy) is 1. The van der Waals surface area contributed by atoms with Crippen molar-refractivity contribution in [3.63, 3.8) is 0 Å². The molecule has 0 aliphatic rings. The highest BCUT2D eigenvalue weighted by molar-refractivity contribution is 6.02. The third kappa shape index (κ3) is 3.95. The summed E-state index contributed by atoms with van der Waals surface area (Å²) >= 11 is 0. The zero-order valence-corrected chi connectivity index (χ0v) is 12.9. The molecule has 0 spiro atoms. The van der Waals surface area contributed by atoms with Gasteiger partial charge in [0.2, 0.25) is 0 Å². The smallest absolute Gasteiger partial charge is 0.277 e. The Hall–Kier alpha value is -3.22. The number of nitrogens with zero attached hydrogens (tertiary/aromatic N) is 3. The molecule has 0 saturated heterocycles. The Bertz CT molecular complexity index is 846. The minimum absolute atomic E-state index is 0.113. The number of halogens is 1. The highest BCUT2D eigenvalue weighted by Gasteiger charge is 2.10. The van der Waals surface area contributed by atoms with Gasteiger partial charge in [-0.2, -0.15) is 5.10 Å². The quantitative estimate of drug-likeness (QED) is 0.782. The lowest BCUT2D eigenvalue weighted by atomic mass is 10.3. The van der Waals surface area contributed by atoms with E-state index in [0.29, 0.717) is 11.6 Å². The molecule has 0 unspecified atom stereocenters. The molecule has 0 fully saturated rings. The second kappa shape index (κ2) is 6.91. The molecule has 0 atom stereocenters. The zero-order valence-electron chi connectivity index (χ0n) is 12.9. The summed E-state index contributed by atoms with van der Waals surface area (Å²) in [5.74, 6) is 0.303. The van der Waals surface area contributed by atoms with Crippen LogP contribution in [0.5, 0.6) is 5.75 Å². The number of carbonyl (C=O) groups is 1. The van der Waals surface area contributed by atoms with Gasteiger partial charge in [-0.3, -0.25) is 4.79 Å². The average molecular weight is 326 g/mol. The van der Waals surface area contributed by atoms with Crippen LogP contribution in [0, 0.1) is 12.7 Å². The van der Waals surface area contributed by atoms with E-state index in [2.05, 4.69) is 15.4 Å². The Morgan fingerprint density at radius 1 is 1.21 bits per heavy atom. The van der Waals surface area contributed by atoms with Gasteiger partial charge in [0.05, 0.1) is 0 Å². The predicted molar refractivity (Wildman–Crippen MR) is 86.2 cm³/mol. The van der Waals surface area contributed by atoms with Crippen molar-refractivity contribution in [3.8, 4) is 5.75 Å². The lowest BCUT2D eigenvalue weighted by Crippen LogP contribution is -2.15. The van der Waals surface area contributed by atoms with E-state index in [1.54, 1.807) is 18.3 Å². The first-order valence-corrected chi connectivity index (χ1v) is 7.27. The summed E-state index contributed by atoms with van der Waals surface area (Å²) in [6.07, 6.45) is 1.63. The standard InChI is InChI=1S/C17H15FN4O2/c1-12-3-2-4-16(19-12)20-17(23)15-9-10-22(21-15)11-24-14-7-5-13(18)6-8-14/h2-10H,11H2,1H3,(H,19,20,23). The SMILES string of the molecule is Cc1cccc(NC(=O)c2ccn(COc3ccc(F)cc3)n2)n1. The van der Waals surface area contributed by atoms with Crippen molar-refractivity contribution in [2.45, 2.75) is 13.7 Å². The fourth-order valence-corrected chi connectivity index (χ4v) is 2.02. The number of aromatic nitrogens is 3. The lowest BCUT2D eigenvalue weighted by molar-refractivity contribution is 0.102. The molecule has 6 nitrogen and oxygen atoms in total. The second-order valence-corrected chi connectivity index (χ2v) is 5.09. The Kier molecular flexibility index (Phi) is 4.51. The first-order chi connectivity index (χ1) is 11.6. The van der Waals surface area contributed by atoms with Crippen molar-refractivity contribution in [1.82, 2.24) is 14.8 Å². The van der Waals surface area contributed by atoms with Crippen LogP contribution in [0.15, 0.2) is 54.7 Å². The van der Waals surface area contributed by atoms with Gasteiger partial charge in [-0.25, -0.2) is 14.1 Å². The van der Waals surface area contributed by atoms with E-state index < -0.39 is 0 Å². The van der Waals surface area contributed by atoms with Crippen LogP contribution < -0.4 is 10.1 Å². The topological polar surface area (TPSA) is 69.0 Å². The Balaban J connectivity index is 1.60. The maximum Gasteiger partial charge on any atom is 0.277 e. The predicted octanol–water partition coefficient (Wildman–Crippen LogP) is 3.01. The van der Waals surface area contributed by atoms with Gasteiger partial charge < -0.3 is 10.1 Å². The first kappa shape index (κ1) is 15.7. The van der Waals surface area contributed by atoms with Crippen molar-refractivity contribution >= 4 is 11.7 Å². The number of anilines is 1. The molecule has 3 aromatic rings. The molecule has 1 aromatic carbocycles. The van der Waals surface area contributed by atoms with Crippen LogP contribution in [-0.2, 0) is 6.73 Å². The van der Waals surface area contributed by atoms with Gasteiger partial charge in [0, 0.05) is 11.9 Å². The van der Waals surface area contributed by atoms with Crippen LogP contribution in [0.1, 0.15) is 16.2 Å². The van der Waals surface area contributed by atoms with E-state index in [1.807, 2.05) is 19.1 Å². The average Bonchev–Trinajstić information content (AvgIpc) is 3.03. The maximum absolute atomic E-state index is 12.8. The molecule has 7 heteroatoms. The third-order valence-corrected chi connectivity index (χ3v) is 3.18. The number of pyridine rings is 1. The normalized spacial score (nSPS) is 10.4. The zero-order chi connectivity index (χ0) is 16.9. The van der Waals surface area contributed by atoms with Crippen LogP contribution in [0.3, 0.4) is 0 Å². The number of nitrogens with one attached hydrogen (secondary N) is 1. The van der Waals surface area contributed by atoms with Crippen molar-refractivity contribution < 1.29 is 13.9 Å². The fourth-order valence-electron chi connectivity index (χ4n) is 2.02. The summed E-state index contributed by atoms with van der Waals surface area (Å²) in [5, 5.41) is 6.82. The second-order valence-electron chi connectivity index (χ2n) is 5.09. The number of benzene rings is 1. The van der Waals surface area contributed by atoms with E-state index in [0.717, 1.165) is 5.69 Å². The lowest BCUT2D eigenvalue weighted by Gasteiger charge is -2.06. The Labute approximate surface area is 137 Å².